The van der Waals surface area contributed by atoms with Gasteiger partial charge in [0.1, 0.15) is 12.1 Å². The van der Waals surface area contributed by atoms with Crippen molar-refractivity contribution in [1.82, 2.24) is 9.13 Å². The number of benzene rings is 7. The van der Waals surface area contributed by atoms with Crippen molar-refractivity contribution in [1.29, 1.82) is 10.5 Å². The molecule has 0 radical (unpaired) electrons. The van der Waals surface area contributed by atoms with Crippen LogP contribution in [0.3, 0.4) is 0 Å². The number of halogens is 3. The van der Waals surface area contributed by atoms with Gasteiger partial charge >= 0.3 is 6.18 Å². The molecule has 0 atom stereocenters. The van der Waals surface area contributed by atoms with E-state index in [1.165, 1.54) is 6.07 Å². The minimum absolute atomic E-state index is 0.356. The number of nitrogens with zero attached hydrogens (tertiary/aromatic N) is 4. The molecule has 0 spiro atoms. The predicted octanol–water partition coefficient (Wildman–Crippen LogP) is 12.0. The van der Waals surface area contributed by atoms with Crippen LogP contribution in [0.5, 0.6) is 0 Å². The maximum Gasteiger partial charge on any atom is 0.416 e. The van der Waals surface area contributed by atoms with Gasteiger partial charge in [0.2, 0.25) is 0 Å². The van der Waals surface area contributed by atoms with Crippen molar-refractivity contribution in [3.05, 3.63) is 168 Å². The van der Waals surface area contributed by atoms with Crippen LogP contribution in [-0.4, -0.2) is 9.13 Å². The molecular weight excluding hydrogens is 654 g/mol. The zero-order valence-corrected chi connectivity index (χ0v) is 27.4. The standard InChI is InChI=1S/C45H25F3N4/c46-45(47,48)32-11-9-10-30(24-32)28-20-22-29(23-21-28)43-37(27-50)42(51-38-16-5-1-12-33(38)34-13-2-6-17-39(34)51)25-31(26-49)44(43)52-40-18-7-3-14-35(40)36-15-4-8-19-41(36)52/h1-25H. The van der Waals surface area contributed by atoms with Crippen molar-refractivity contribution < 1.29 is 13.2 Å². The van der Waals surface area contributed by atoms with E-state index in [1.807, 2.05) is 114 Å². The molecule has 0 N–H and O–H groups in total. The van der Waals surface area contributed by atoms with Crippen LogP contribution < -0.4 is 0 Å². The number of para-hydroxylation sites is 4. The second-order valence-corrected chi connectivity index (χ2v) is 12.7. The third-order valence-corrected chi connectivity index (χ3v) is 9.83. The molecule has 0 aliphatic heterocycles. The summed E-state index contributed by atoms with van der Waals surface area (Å²) >= 11 is 0. The second-order valence-electron chi connectivity index (χ2n) is 12.7. The van der Waals surface area contributed by atoms with Crippen LogP contribution in [-0.2, 0) is 6.18 Å². The Morgan fingerprint density at radius 1 is 0.462 bits per heavy atom. The zero-order chi connectivity index (χ0) is 35.6. The first-order chi connectivity index (χ1) is 25.4. The van der Waals surface area contributed by atoms with Crippen LogP contribution in [0.1, 0.15) is 16.7 Å². The molecule has 2 aromatic heterocycles. The van der Waals surface area contributed by atoms with E-state index in [2.05, 4.69) is 16.7 Å². The highest BCUT2D eigenvalue weighted by Gasteiger charge is 2.31. The first kappa shape index (κ1) is 30.9. The number of alkyl halides is 3. The lowest BCUT2D eigenvalue weighted by Gasteiger charge is -2.21. The summed E-state index contributed by atoms with van der Waals surface area (Å²) in [6.45, 7) is 0. The van der Waals surface area contributed by atoms with Gasteiger partial charge in [0, 0.05) is 27.1 Å². The Morgan fingerprint density at radius 2 is 0.942 bits per heavy atom. The molecule has 9 aromatic rings. The van der Waals surface area contributed by atoms with Crippen molar-refractivity contribution in [3.63, 3.8) is 0 Å². The Morgan fingerprint density at radius 3 is 1.42 bits per heavy atom. The van der Waals surface area contributed by atoms with E-state index in [9.17, 15) is 23.7 Å². The summed E-state index contributed by atoms with van der Waals surface area (Å²) in [5, 5.41) is 26.2. The maximum atomic E-state index is 13.6. The minimum atomic E-state index is -4.48. The van der Waals surface area contributed by atoms with Crippen LogP contribution >= 0.6 is 0 Å². The van der Waals surface area contributed by atoms with E-state index >= 15 is 0 Å². The van der Waals surface area contributed by atoms with Crippen molar-refractivity contribution in [2.75, 3.05) is 0 Å². The summed E-state index contributed by atoms with van der Waals surface area (Å²) in [5.74, 6) is 0. The second kappa shape index (κ2) is 11.8. The molecule has 0 amide bonds. The van der Waals surface area contributed by atoms with Crippen molar-refractivity contribution in [3.8, 4) is 45.8 Å². The third-order valence-electron chi connectivity index (χ3n) is 9.83. The van der Waals surface area contributed by atoms with Gasteiger partial charge in [-0.3, -0.25) is 0 Å². The van der Waals surface area contributed by atoms with Gasteiger partial charge in [0.15, 0.2) is 0 Å². The molecular formula is C45H25F3N4. The van der Waals surface area contributed by atoms with Crippen molar-refractivity contribution >= 4 is 43.6 Å². The fourth-order valence-corrected chi connectivity index (χ4v) is 7.60. The van der Waals surface area contributed by atoms with Gasteiger partial charge in [-0.2, -0.15) is 23.7 Å². The Bertz CT molecular complexity index is 2860. The Kier molecular flexibility index (Phi) is 7.00. The Labute approximate surface area is 296 Å². The highest BCUT2D eigenvalue weighted by atomic mass is 19.4. The summed E-state index contributed by atoms with van der Waals surface area (Å²) < 4.78 is 44.9. The third kappa shape index (κ3) is 4.68. The number of hydrogen-bond acceptors (Lipinski definition) is 2. The molecule has 0 aliphatic rings. The van der Waals surface area contributed by atoms with Gasteiger partial charge in [-0.1, -0.05) is 109 Å². The molecule has 7 aromatic carbocycles. The average Bonchev–Trinajstić information content (AvgIpc) is 3.70. The molecule has 2 heterocycles. The molecule has 0 aliphatic carbocycles. The molecule has 246 valence electrons. The van der Waals surface area contributed by atoms with E-state index in [0.29, 0.717) is 44.8 Å². The molecule has 0 fully saturated rings. The number of aromatic nitrogens is 2. The minimum Gasteiger partial charge on any atom is -0.308 e. The number of nitriles is 2. The van der Waals surface area contributed by atoms with E-state index in [4.69, 9.17) is 0 Å². The van der Waals surface area contributed by atoms with Crippen LogP contribution in [0.15, 0.2) is 152 Å². The summed E-state index contributed by atoms with van der Waals surface area (Å²) in [5.41, 5.74) is 6.80. The monoisotopic (exact) mass is 678 g/mol. The van der Waals surface area contributed by atoms with Gasteiger partial charge in [-0.05, 0) is 59.2 Å². The van der Waals surface area contributed by atoms with Crippen molar-refractivity contribution in [2.45, 2.75) is 6.18 Å². The molecule has 0 saturated carbocycles. The van der Waals surface area contributed by atoms with E-state index in [1.54, 1.807) is 24.3 Å². The molecule has 52 heavy (non-hydrogen) atoms. The summed E-state index contributed by atoms with van der Waals surface area (Å²) in [4.78, 5) is 0. The van der Waals surface area contributed by atoms with Crippen LogP contribution in [0.25, 0.3) is 77.2 Å². The number of fused-ring (bicyclic) bond motifs is 6. The Hall–Kier alpha value is -7.09. The van der Waals surface area contributed by atoms with Gasteiger partial charge in [-0.25, -0.2) is 0 Å². The first-order valence-electron chi connectivity index (χ1n) is 16.6. The first-order valence-corrected chi connectivity index (χ1v) is 16.6. The number of rotatable bonds is 4. The molecule has 0 saturated heterocycles. The van der Waals surface area contributed by atoms with Crippen LogP contribution in [0.4, 0.5) is 13.2 Å². The lowest BCUT2D eigenvalue weighted by molar-refractivity contribution is -0.137. The molecule has 4 nitrogen and oxygen atoms in total. The van der Waals surface area contributed by atoms with Gasteiger partial charge in [-0.15, -0.1) is 0 Å². The van der Waals surface area contributed by atoms with Crippen LogP contribution in [0.2, 0.25) is 0 Å². The fraction of sp³-hybridized carbons (Fsp3) is 0.0222. The van der Waals surface area contributed by atoms with Crippen LogP contribution in [0, 0.1) is 22.7 Å². The zero-order valence-electron chi connectivity index (χ0n) is 27.4. The highest BCUT2D eigenvalue weighted by Crippen LogP contribution is 2.44. The summed E-state index contributed by atoms with van der Waals surface area (Å²) in [7, 11) is 0. The lowest BCUT2D eigenvalue weighted by Crippen LogP contribution is -2.08. The highest BCUT2D eigenvalue weighted by molar-refractivity contribution is 6.11. The van der Waals surface area contributed by atoms with Gasteiger partial charge < -0.3 is 9.13 Å². The molecule has 0 unspecified atom stereocenters. The predicted molar refractivity (Wildman–Crippen MR) is 200 cm³/mol. The normalized spacial score (nSPS) is 11.7. The van der Waals surface area contributed by atoms with E-state index in [-0.39, 0.29) is 0 Å². The molecule has 7 heteroatoms. The van der Waals surface area contributed by atoms with E-state index in [0.717, 1.165) is 55.7 Å². The fourth-order valence-electron chi connectivity index (χ4n) is 7.60. The summed E-state index contributed by atoms with van der Waals surface area (Å²) in [6, 6.07) is 51.1. The lowest BCUT2D eigenvalue weighted by atomic mass is 9.91. The SMILES string of the molecule is N#Cc1cc(-n2c3ccccc3c3ccccc32)c(C#N)c(-c2ccc(-c3cccc(C(F)(F)F)c3)cc2)c1-n1c2ccccc2c2ccccc21. The van der Waals surface area contributed by atoms with Crippen molar-refractivity contribution in [2.24, 2.45) is 0 Å². The van der Waals surface area contributed by atoms with Gasteiger partial charge in [0.25, 0.3) is 0 Å². The topological polar surface area (TPSA) is 57.4 Å². The van der Waals surface area contributed by atoms with E-state index < -0.39 is 11.7 Å². The number of hydrogen-bond donors (Lipinski definition) is 0. The smallest absolute Gasteiger partial charge is 0.308 e. The largest absolute Gasteiger partial charge is 0.416 e. The van der Waals surface area contributed by atoms with Gasteiger partial charge in [0.05, 0.1) is 50.1 Å². The molecule has 9 rings (SSSR count). The molecule has 0 bridgehead atoms. The average molecular weight is 679 g/mol. The maximum absolute atomic E-state index is 13.6. The summed E-state index contributed by atoms with van der Waals surface area (Å²) in [6.07, 6.45) is -4.48. The quantitative estimate of drug-likeness (QED) is 0.186. The Balaban J connectivity index is 1.40.